The highest BCUT2D eigenvalue weighted by molar-refractivity contribution is 5.76. The lowest BCUT2D eigenvalue weighted by molar-refractivity contribution is -0.176. The molecule has 16 heavy (non-hydrogen) atoms. The van der Waals surface area contributed by atoms with Crippen LogP contribution in [-0.2, 0) is 9.53 Å². The fourth-order valence-corrected chi connectivity index (χ4v) is 1.52. The number of carboxylic acids is 1. The van der Waals surface area contributed by atoms with Crippen LogP contribution in [0.1, 0.15) is 0 Å². The van der Waals surface area contributed by atoms with Gasteiger partial charge in [-0.25, -0.2) is 4.39 Å². The highest BCUT2D eigenvalue weighted by Crippen LogP contribution is 2.28. The lowest BCUT2D eigenvalue weighted by atomic mass is 9.86. The molecule has 1 aromatic carbocycles. The molecule has 0 aromatic heterocycles. The number of hydrogen-bond acceptors (Lipinski definition) is 3. The molecule has 1 aliphatic rings. The monoisotopic (exact) mass is 225 g/mol. The number of carboxylic acid groups (broad SMARTS) is 1. The van der Waals surface area contributed by atoms with E-state index in [1.54, 1.807) is 12.1 Å². The molecule has 5 heteroatoms. The van der Waals surface area contributed by atoms with Crippen molar-refractivity contribution in [2.45, 2.75) is 0 Å². The van der Waals surface area contributed by atoms with Gasteiger partial charge in [-0.15, -0.1) is 0 Å². The average Bonchev–Trinajstić information content (AvgIpc) is 2.15. The molecule has 2 N–H and O–H groups in total. The second-order valence-corrected chi connectivity index (χ2v) is 3.94. The van der Waals surface area contributed by atoms with E-state index in [4.69, 9.17) is 9.84 Å². The predicted octanol–water partition coefficient (Wildman–Crippen LogP) is 1.34. The number of carbonyl (C=O) groups is 1. The number of ether oxygens (including phenoxy) is 1. The zero-order chi connectivity index (χ0) is 11.6. The van der Waals surface area contributed by atoms with E-state index in [0.717, 1.165) is 0 Å². The summed E-state index contributed by atoms with van der Waals surface area (Å²) in [7, 11) is 0. The van der Waals surface area contributed by atoms with Crippen molar-refractivity contribution < 1.29 is 19.0 Å². The second-order valence-electron chi connectivity index (χ2n) is 3.94. The number of nitrogens with one attached hydrogen (secondary N) is 1. The summed E-state index contributed by atoms with van der Waals surface area (Å²) in [5.41, 5.74) is -0.292. The summed E-state index contributed by atoms with van der Waals surface area (Å²) >= 11 is 0. The number of rotatable bonds is 4. The van der Waals surface area contributed by atoms with Crippen molar-refractivity contribution in [2.75, 3.05) is 25.1 Å². The van der Waals surface area contributed by atoms with E-state index in [1.807, 2.05) is 0 Å². The molecule has 1 aromatic rings. The first-order chi connectivity index (χ1) is 7.62. The fraction of sp³-hybridized carbons (Fsp3) is 0.364. The van der Waals surface area contributed by atoms with Gasteiger partial charge in [0.05, 0.1) is 13.2 Å². The van der Waals surface area contributed by atoms with Gasteiger partial charge < -0.3 is 15.2 Å². The largest absolute Gasteiger partial charge is 0.481 e. The van der Waals surface area contributed by atoms with Gasteiger partial charge in [-0.3, -0.25) is 4.79 Å². The van der Waals surface area contributed by atoms with Crippen LogP contribution < -0.4 is 5.32 Å². The molecule has 1 saturated heterocycles. The maximum absolute atomic E-state index is 12.9. The van der Waals surface area contributed by atoms with Gasteiger partial charge in [0, 0.05) is 12.2 Å². The summed E-state index contributed by atoms with van der Waals surface area (Å²) in [6.45, 7) is 0.640. The van der Waals surface area contributed by atoms with Crippen LogP contribution in [0.15, 0.2) is 24.3 Å². The molecular weight excluding hydrogens is 213 g/mol. The molecule has 0 spiro atoms. The summed E-state index contributed by atoms with van der Waals surface area (Å²) in [5, 5.41) is 11.9. The van der Waals surface area contributed by atoms with Gasteiger partial charge >= 0.3 is 5.97 Å². The van der Waals surface area contributed by atoms with Crippen LogP contribution in [0.3, 0.4) is 0 Å². The highest BCUT2D eigenvalue weighted by atomic mass is 19.1. The SMILES string of the molecule is O=C(O)C1(CNc2cccc(F)c2)COC1. The Morgan fingerprint density at radius 3 is 2.81 bits per heavy atom. The number of aliphatic carboxylic acids is 1. The van der Waals surface area contributed by atoms with Gasteiger partial charge in [0.25, 0.3) is 0 Å². The average molecular weight is 225 g/mol. The summed E-state index contributed by atoms with van der Waals surface area (Å²) in [6, 6.07) is 5.93. The quantitative estimate of drug-likeness (QED) is 0.811. The van der Waals surface area contributed by atoms with E-state index in [1.165, 1.54) is 12.1 Å². The predicted molar refractivity (Wildman–Crippen MR) is 55.8 cm³/mol. The Morgan fingerprint density at radius 2 is 2.31 bits per heavy atom. The van der Waals surface area contributed by atoms with E-state index >= 15 is 0 Å². The highest BCUT2D eigenvalue weighted by Gasteiger charge is 2.46. The van der Waals surface area contributed by atoms with Gasteiger partial charge in [-0.1, -0.05) is 6.07 Å². The van der Waals surface area contributed by atoms with Crippen molar-refractivity contribution in [1.82, 2.24) is 0 Å². The molecule has 0 unspecified atom stereocenters. The van der Waals surface area contributed by atoms with Gasteiger partial charge in [0.1, 0.15) is 11.2 Å². The minimum atomic E-state index is -0.886. The first-order valence-corrected chi connectivity index (χ1v) is 4.93. The van der Waals surface area contributed by atoms with Crippen LogP contribution in [0.4, 0.5) is 10.1 Å². The third-order valence-electron chi connectivity index (χ3n) is 2.67. The molecular formula is C11H12FNO3. The van der Waals surface area contributed by atoms with Crippen LogP contribution in [0, 0.1) is 11.2 Å². The summed E-state index contributed by atoms with van der Waals surface area (Å²) in [6.07, 6.45) is 0. The summed E-state index contributed by atoms with van der Waals surface area (Å²) in [4.78, 5) is 11.0. The molecule has 86 valence electrons. The molecule has 0 amide bonds. The Bertz CT molecular complexity index is 404. The van der Waals surface area contributed by atoms with Gasteiger partial charge in [-0.05, 0) is 18.2 Å². The Morgan fingerprint density at radius 1 is 1.56 bits per heavy atom. The smallest absolute Gasteiger partial charge is 0.316 e. The zero-order valence-corrected chi connectivity index (χ0v) is 8.57. The van der Waals surface area contributed by atoms with Crippen LogP contribution >= 0.6 is 0 Å². The molecule has 1 fully saturated rings. The number of benzene rings is 1. The molecule has 0 radical (unpaired) electrons. The first kappa shape index (κ1) is 10.9. The van der Waals surface area contributed by atoms with Crippen LogP contribution in [0.5, 0.6) is 0 Å². The normalized spacial score (nSPS) is 17.6. The molecule has 0 aliphatic carbocycles. The second kappa shape index (κ2) is 4.09. The summed E-state index contributed by atoms with van der Waals surface area (Å²) < 4.78 is 17.8. The van der Waals surface area contributed by atoms with Gasteiger partial charge in [0.15, 0.2) is 0 Å². The minimum absolute atomic E-state index is 0.199. The lowest BCUT2D eigenvalue weighted by Gasteiger charge is -2.37. The first-order valence-electron chi connectivity index (χ1n) is 4.93. The summed E-state index contributed by atoms with van der Waals surface area (Å²) in [5.74, 6) is -1.23. The molecule has 4 nitrogen and oxygen atoms in total. The number of anilines is 1. The standard InChI is InChI=1S/C11H12FNO3/c12-8-2-1-3-9(4-8)13-5-11(10(14)15)6-16-7-11/h1-4,13H,5-7H2,(H,14,15). The van der Waals surface area contributed by atoms with E-state index < -0.39 is 11.4 Å². The molecule has 2 rings (SSSR count). The third kappa shape index (κ3) is 1.99. The third-order valence-corrected chi connectivity index (χ3v) is 2.67. The minimum Gasteiger partial charge on any atom is -0.481 e. The van der Waals surface area contributed by atoms with E-state index in [-0.39, 0.29) is 25.6 Å². The van der Waals surface area contributed by atoms with Crippen molar-refractivity contribution in [3.05, 3.63) is 30.1 Å². The van der Waals surface area contributed by atoms with Crippen LogP contribution in [0.25, 0.3) is 0 Å². The van der Waals surface area contributed by atoms with Crippen molar-refractivity contribution in [3.63, 3.8) is 0 Å². The van der Waals surface area contributed by atoms with E-state index in [0.29, 0.717) is 5.69 Å². The van der Waals surface area contributed by atoms with E-state index in [2.05, 4.69) is 5.32 Å². The maximum atomic E-state index is 12.9. The molecule has 0 bridgehead atoms. The zero-order valence-electron chi connectivity index (χ0n) is 8.57. The van der Waals surface area contributed by atoms with Crippen molar-refractivity contribution in [1.29, 1.82) is 0 Å². The van der Waals surface area contributed by atoms with Gasteiger partial charge in [0.2, 0.25) is 0 Å². The fourth-order valence-electron chi connectivity index (χ4n) is 1.52. The van der Waals surface area contributed by atoms with Crippen LogP contribution in [-0.4, -0.2) is 30.8 Å². The Hall–Kier alpha value is -1.62. The Balaban J connectivity index is 1.99. The lowest BCUT2D eigenvalue weighted by Crippen LogP contribution is -2.53. The van der Waals surface area contributed by atoms with Gasteiger partial charge in [-0.2, -0.15) is 0 Å². The Labute approximate surface area is 92.0 Å². The molecule has 1 aliphatic heterocycles. The number of hydrogen-bond donors (Lipinski definition) is 2. The maximum Gasteiger partial charge on any atom is 0.316 e. The molecule has 0 atom stereocenters. The molecule has 1 heterocycles. The van der Waals surface area contributed by atoms with Crippen molar-refractivity contribution >= 4 is 11.7 Å². The molecule has 0 saturated carbocycles. The van der Waals surface area contributed by atoms with Crippen LogP contribution in [0.2, 0.25) is 0 Å². The number of halogens is 1. The van der Waals surface area contributed by atoms with E-state index in [9.17, 15) is 9.18 Å². The van der Waals surface area contributed by atoms with Crippen molar-refractivity contribution in [2.24, 2.45) is 5.41 Å². The Kier molecular flexibility index (Phi) is 2.78. The van der Waals surface area contributed by atoms with Crippen molar-refractivity contribution in [3.8, 4) is 0 Å². The topological polar surface area (TPSA) is 58.6 Å².